The Morgan fingerprint density at radius 3 is 2.56 bits per heavy atom. The molecule has 0 heterocycles. The van der Waals surface area contributed by atoms with Crippen LogP contribution in [0.15, 0.2) is 24.3 Å². The van der Waals surface area contributed by atoms with Gasteiger partial charge in [-0.15, -0.1) is 13.2 Å². The van der Waals surface area contributed by atoms with E-state index in [0.717, 1.165) is 0 Å². The fourth-order valence-corrected chi connectivity index (χ4v) is 1.53. The quantitative estimate of drug-likeness (QED) is 0.888. The van der Waals surface area contributed by atoms with Crippen LogP contribution in [0.5, 0.6) is 5.75 Å². The summed E-state index contributed by atoms with van der Waals surface area (Å²) < 4.78 is 45.1. The lowest BCUT2D eigenvalue weighted by atomic mass is 10.0. The zero-order valence-electron chi connectivity index (χ0n) is 10.2. The standard InChI is InChI=1S/C12H16F3NO2/c1-8(17-2)6-11(16)9-4-3-5-10(7-9)18-12(13,14)15/h3-5,7-8,11H,6,16H2,1-2H3. The Balaban J connectivity index is 2.75. The van der Waals surface area contributed by atoms with Crippen LogP contribution in [0, 0.1) is 0 Å². The maximum absolute atomic E-state index is 12.1. The van der Waals surface area contributed by atoms with Gasteiger partial charge in [0, 0.05) is 13.2 Å². The summed E-state index contributed by atoms with van der Waals surface area (Å²) in [4.78, 5) is 0. The molecule has 0 aliphatic carbocycles. The molecule has 0 aromatic heterocycles. The predicted molar refractivity (Wildman–Crippen MR) is 61.1 cm³/mol. The maximum atomic E-state index is 12.1. The van der Waals surface area contributed by atoms with E-state index in [4.69, 9.17) is 10.5 Å². The molecule has 6 heteroatoms. The molecule has 0 fully saturated rings. The Kier molecular flexibility index (Phi) is 4.98. The highest BCUT2D eigenvalue weighted by molar-refractivity contribution is 5.30. The Morgan fingerprint density at radius 2 is 2.00 bits per heavy atom. The second-order valence-corrected chi connectivity index (χ2v) is 4.01. The van der Waals surface area contributed by atoms with Crippen molar-refractivity contribution in [3.8, 4) is 5.75 Å². The normalized spacial score (nSPS) is 15.2. The average molecular weight is 263 g/mol. The van der Waals surface area contributed by atoms with Crippen molar-refractivity contribution in [2.24, 2.45) is 5.73 Å². The first kappa shape index (κ1) is 14.8. The first-order chi connectivity index (χ1) is 8.31. The summed E-state index contributed by atoms with van der Waals surface area (Å²) >= 11 is 0. The minimum atomic E-state index is -4.69. The second-order valence-electron chi connectivity index (χ2n) is 4.01. The van der Waals surface area contributed by atoms with Crippen molar-refractivity contribution in [3.63, 3.8) is 0 Å². The van der Waals surface area contributed by atoms with E-state index in [2.05, 4.69) is 4.74 Å². The molecule has 2 unspecified atom stereocenters. The van der Waals surface area contributed by atoms with Crippen molar-refractivity contribution in [2.75, 3.05) is 7.11 Å². The van der Waals surface area contributed by atoms with Crippen molar-refractivity contribution in [1.82, 2.24) is 0 Å². The van der Waals surface area contributed by atoms with E-state index in [1.807, 2.05) is 6.92 Å². The maximum Gasteiger partial charge on any atom is 0.573 e. The van der Waals surface area contributed by atoms with E-state index in [0.29, 0.717) is 12.0 Å². The van der Waals surface area contributed by atoms with Gasteiger partial charge in [0.25, 0.3) is 0 Å². The molecule has 0 amide bonds. The summed E-state index contributed by atoms with van der Waals surface area (Å²) in [7, 11) is 1.56. The fourth-order valence-electron chi connectivity index (χ4n) is 1.53. The summed E-state index contributed by atoms with van der Waals surface area (Å²) in [5.41, 5.74) is 6.47. The highest BCUT2D eigenvalue weighted by Crippen LogP contribution is 2.26. The minimum absolute atomic E-state index is 0.0628. The van der Waals surface area contributed by atoms with E-state index in [-0.39, 0.29) is 11.9 Å². The first-order valence-electron chi connectivity index (χ1n) is 5.46. The number of alkyl halides is 3. The van der Waals surface area contributed by atoms with Crippen molar-refractivity contribution < 1.29 is 22.6 Å². The summed E-state index contributed by atoms with van der Waals surface area (Å²) in [6.07, 6.45) is -4.23. The Bertz CT molecular complexity index is 382. The molecule has 0 saturated carbocycles. The highest BCUT2D eigenvalue weighted by Gasteiger charge is 2.31. The molecule has 0 aliphatic rings. The monoisotopic (exact) mass is 263 g/mol. The molecule has 2 N–H and O–H groups in total. The van der Waals surface area contributed by atoms with Gasteiger partial charge in [-0.2, -0.15) is 0 Å². The Morgan fingerprint density at radius 1 is 1.33 bits per heavy atom. The molecule has 1 aromatic carbocycles. The number of methoxy groups -OCH3 is 1. The summed E-state index contributed by atoms with van der Waals surface area (Å²) in [5, 5.41) is 0. The smallest absolute Gasteiger partial charge is 0.406 e. The van der Waals surface area contributed by atoms with Crippen LogP contribution in [-0.4, -0.2) is 19.6 Å². The second kappa shape index (κ2) is 6.06. The van der Waals surface area contributed by atoms with Gasteiger partial charge in [-0.25, -0.2) is 0 Å². The van der Waals surface area contributed by atoms with Crippen molar-refractivity contribution in [1.29, 1.82) is 0 Å². The van der Waals surface area contributed by atoms with Crippen LogP contribution >= 0.6 is 0 Å². The highest BCUT2D eigenvalue weighted by atomic mass is 19.4. The third-order valence-corrected chi connectivity index (χ3v) is 2.51. The Hall–Kier alpha value is -1.27. The SMILES string of the molecule is COC(C)CC(N)c1cccc(OC(F)(F)F)c1. The number of benzene rings is 1. The molecule has 3 nitrogen and oxygen atoms in total. The van der Waals surface area contributed by atoms with E-state index in [1.54, 1.807) is 13.2 Å². The van der Waals surface area contributed by atoms with E-state index in [1.165, 1.54) is 18.2 Å². The zero-order valence-corrected chi connectivity index (χ0v) is 10.2. The zero-order chi connectivity index (χ0) is 13.8. The molecule has 0 saturated heterocycles. The van der Waals surface area contributed by atoms with E-state index in [9.17, 15) is 13.2 Å². The number of rotatable bonds is 5. The van der Waals surface area contributed by atoms with Crippen molar-refractivity contribution in [2.45, 2.75) is 31.9 Å². The lowest BCUT2D eigenvalue weighted by Gasteiger charge is -2.17. The van der Waals surface area contributed by atoms with Gasteiger partial charge in [-0.05, 0) is 31.0 Å². The average Bonchev–Trinajstić information content (AvgIpc) is 2.26. The van der Waals surface area contributed by atoms with Crippen LogP contribution in [0.2, 0.25) is 0 Å². The number of halogens is 3. The summed E-state index contributed by atoms with van der Waals surface area (Å²) in [6, 6.07) is 5.28. The number of nitrogens with two attached hydrogens (primary N) is 1. The first-order valence-corrected chi connectivity index (χ1v) is 5.46. The van der Waals surface area contributed by atoms with Crippen LogP contribution in [0.25, 0.3) is 0 Å². The van der Waals surface area contributed by atoms with Crippen LogP contribution < -0.4 is 10.5 Å². The van der Waals surface area contributed by atoms with Gasteiger partial charge in [-0.1, -0.05) is 12.1 Å². The lowest BCUT2D eigenvalue weighted by Crippen LogP contribution is -2.19. The molecule has 0 aliphatic heterocycles. The molecular formula is C12H16F3NO2. The summed E-state index contributed by atoms with van der Waals surface area (Å²) in [6.45, 7) is 1.84. The van der Waals surface area contributed by atoms with Gasteiger partial charge in [0.15, 0.2) is 0 Å². The molecule has 1 aromatic rings. The third-order valence-electron chi connectivity index (χ3n) is 2.51. The molecule has 0 bridgehead atoms. The third kappa shape index (κ3) is 4.93. The van der Waals surface area contributed by atoms with Gasteiger partial charge < -0.3 is 15.2 Å². The van der Waals surface area contributed by atoms with Gasteiger partial charge >= 0.3 is 6.36 Å². The molecule has 1 rings (SSSR count). The van der Waals surface area contributed by atoms with Crippen molar-refractivity contribution >= 4 is 0 Å². The van der Waals surface area contributed by atoms with Gasteiger partial charge in [0.05, 0.1) is 6.10 Å². The van der Waals surface area contributed by atoms with Crippen molar-refractivity contribution in [3.05, 3.63) is 29.8 Å². The van der Waals surface area contributed by atoms with Gasteiger partial charge in [0.2, 0.25) is 0 Å². The molecule has 102 valence electrons. The van der Waals surface area contributed by atoms with E-state index < -0.39 is 12.4 Å². The fraction of sp³-hybridized carbons (Fsp3) is 0.500. The molecule has 18 heavy (non-hydrogen) atoms. The van der Waals surface area contributed by atoms with Gasteiger partial charge in [-0.3, -0.25) is 0 Å². The molecule has 2 atom stereocenters. The molecule has 0 spiro atoms. The van der Waals surface area contributed by atoms with Crippen LogP contribution in [0.4, 0.5) is 13.2 Å². The number of hydrogen-bond donors (Lipinski definition) is 1. The topological polar surface area (TPSA) is 44.5 Å². The van der Waals surface area contributed by atoms with Crippen LogP contribution in [-0.2, 0) is 4.74 Å². The Labute approximate surface area is 104 Å². The van der Waals surface area contributed by atoms with Gasteiger partial charge in [0.1, 0.15) is 5.75 Å². The summed E-state index contributed by atoms with van der Waals surface area (Å²) in [5.74, 6) is -0.263. The molecule has 0 radical (unpaired) electrons. The lowest BCUT2D eigenvalue weighted by molar-refractivity contribution is -0.274. The molecular weight excluding hydrogens is 247 g/mol. The van der Waals surface area contributed by atoms with E-state index >= 15 is 0 Å². The van der Waals surface area contributed by atoms with Crippen LogP contribution in [0.3, 0.4) is 0 Å². The number of hydrogen-bond acceptors (Lipinski definition) is 3. The predicted octanol–water partition coefficient (Wildman–Crippen LogP) is 3.01. The minimum Gasteiger partial charge on any atom is -0.406 e. The van der Waals surface area contributed by atoms with Crippen LogP contribution in [0.1, 0.15) is 24.9 Å². The largest absolute Gasteiger partial charge is 0.573 e. The number of ether oxygens (including phenoxy) is 2.